The van der Waals surface area contributed by atoms with Gasteiger partial charge in [-0.1, -0.05) is 24.0 Å². The largest absolute Gasteiger partial charge is 0.481 e. The minimum absolute atomic E-state index is 0.0517. The van der Waals surface area contributed by atoms with Crippen molar-refractivity contribution in [2.45, 2.75) is 44.1 Å². The van der Waals surface area contributed by atoms with Crippen molar-refractivity contribution in [3.63, 3.8) is 0 Å². The first-order valence-electron chi connectivity index (χ1n) is 11.6. The first-order chi connectivity index (χ1) is 17.8. The number of benzene rings is 2. The Morgan fingerprint density at radius 1 is 1.16 bits per heavy atom. The van der Waals surface area contributed by atoms with Crippen molar-refractivity contribution < 1.29 is 33.2 Å². The Morgan fingerprint density at radius 3 is 2.65 bits per heavy atom. The molecule has 37 heavy (non-hydrogen) atoms. The molecule has 2 unspecified atom stereocenters. The van der Waals surface area contributed by atoms with Gasteiger partial charge in [0.2, 0.25) is 0 Å². The molecular formula is C24H24FN5O7. The van der Waals surface area contributed by atoms with Gasteiger partial charge in [-0.25, -0.2) is 4.39 Å². The summed E-state index contributed by atoms with van der Waals surface area (Å²) in [6, 6.07) is 9.74. The number of nitro benzene ring substituents is 1. The molecule has 1 aliphatic carbocycles. The molecule has 0 spiro atoms. The van der Waals surface area contributed by atoms with Gasteiger partial charge in [0.15, 0.2) is 0 Å². The third-order valence-electron chi connectivity index (χ3n) is 5.96. The normalized spacial score (nSPS) is 17.2. The molecule has 4 rings (SSSR count). The van der Waals surface area contributed by atoms with Crippen molar-refractivity contribution in [3.8, 4) is 0 Å². The number of rotatable bonds is 10. The SMILES string of the molecule is O=C(O)CCOC1CCCCC1c1ccc(NC(=O)c2nnc(Nc3ccc(F)cc3)o2)c([N+](=O)[O-])c1. The molecule has 0 aliphatic heterocycles. The molecule has 3 aromatic rings. The van der Waals surface area contributed by atoms with Crippen LogP contribution in [0.15, 0.2) is 46.9 Å². The van der Waals surface area contributed by atoms with E-state index in [0.717, 1.165) is 25.7 Å². The third-order valence-corrected chi connectivity index (χ3v) is 5.96. The summed E-state index contributed by atoms with van der Waals surface area (Å²) in [4.78, 5) is 34.7. The summed E-state index contributed by atoms with van der Waals surface area (Å²) in [6.45, 7) is 0.0644. The molecule has 0 saturated heterocycles. The summed E-state index contributed by atoms with van der Waals surface area (Å²) in [5.41, 5.74) is 0.763. The second-order valence-corrected chi connectivity index (χ2v) is 8.48. The summed E-state index contributed by atoms with van der Waals surface area (Å²) >= 11 is 0. The van der Waals surface area contributed by atoms with Crippen LogP contribution < -0.4 is 10.6 Å². The van der Waals surface area contributed by atoms with Gasteiger partial charge < -0.3 is 24.9 Å². The molecular weight excluding hydrogens is 489 g/mol. The number of hydrogen-bond donors (Lipinski definition) is 3. The standard InChI is InChI=1S/C24H24FN5O7/c25-15-6-8-16(9-7-15)26-24-29-28-23(37-24)22(33)27-18-10-5-14(13-19(18)30(34)35)17-3-1-2-4-20(17)36-12-11-21(31)32/h5-10,13,17,20H,1-4,11-12H2,(H,26,29)(H,27,33)(H,31,32). The second-order valence-electron chi connectivity index (χ2n) is 8.48. The monoisotopic (exact) mass is 513 g/mol. The van der Waals surface area contributed by atoms with Gasteiger partial charge in [-0.15, -0.1) is 5.10 Å². The number of carbonyl (C=O) groups is 2. The molecule has 2 aromatic carbocycles. The highest BCUT2D eigenvalue weighted by atomic mass is 19.1. The number of halogens is 1. The summed E-state index contributed by atoms with van der Waals surface area (Å²) < 4.78 is 24.1. The zero-order valence-electron chi connectivity index (χ0n) is 19.6. The fourth-order valence-corrected chi connectivity index (χ4v) is 4.21. The van der Waals surface area contributed by atoms with Crippen molar-refractivity contribution in [2.24, 2.45) is 0 Å². The Morgan fingerprint density at radius 2 is 1.92 bits per heavy atom. The van der Waals surface area contributed by atoms with Gasteiger partial charge in [-0.3, -0.25) is 19.7 Å². The summed E-state index contributed by atoms with van der Waals surface area (Å²) in [5, 5.41) is 33.2. The second kappa shape index (κ2) is 11.6. The molecule has 0 bridgehead atoms. The number of amides is 1. The summed E-state index contributed by atoms with van der Waals surface area (Å²) in [7, 11) is 0. The van der Waals surface area contributed by atoms with Gasteiger partial charge in [0.25, 0.3) is 5.69 Å². The quantitative estimate of drug-likeness (QED) is 0.256. The number of ether oxygens (including phenoxy) is 1. The van der Waals surface area contributed by atoms with Crippen LogP contribution in [0.4, 0.5) is 27.5 Å². The fourth-order valence-electron chi connectivity index (χ4n) is 4.21. The molecule has 1 aliphatic rings. The topological polar surface area (TPSA) is 170 Å². The van der Waals surface area contributed by atoms with E-state index in [1.165, 1.54) is 36.4 Å². The maximum Gasteiger partial charge on any atom is 0.320 e. The Bertz CT molecular complexity index is 1280. The minimum Gasteiger partial charge on any atom is -0.481 e. The highest BCUT2D eigenvalue weighted by Gasteiger charge is 2.30. The van der Waals surface area contributed by atoms with Crippen LogP contribution in [0.3, 0.4) is 0 Å². The minimum atomic E-state index is -0.956. The van der Waals surface area contributed by atoms with Crippen LogP contribution >= 0.6 is 0 Å². The van der Waals surface area contributed by atoms with Gasteiger partial charge in [-0.2, -0.15) is 0 Å². The lowest BCUT2D eigenvalue weighted by atomic mass is 9.81. The van der Waals surface area contributed by atoms with Crippen molar-refractivity contribution >= 4 is 35.0 Å². The van der Waals surface area contributed by atoms with Crippen LogP contribution in [0.5, 0.6) is 0 Å². The van der Waals surface area contributed by atoms with Gasteiger partial charge in [0, 0.05) is 17.7 Å². The Hall–Kier alpha value is -4.39. The van der Waals surface area contributed by atoms with Crippen LogP contribution in [0, 0.1) is 15.9 Å². The number of anilines is 3. The first kappa shape index (κ1) is 25.7. The van der Waals surface area contributed by atoms with E-state index in [4.69, 9.17) is 14.3 Å². The third kappa shape index (κ3) is 6.64. The number of nitrogens with zero attached hydrogens (tertiary/aromatic N) is 3. The number of nitro groups is 1. The molecule has 1 fully saturated rings. The first-order valence-corrected chi connectivity index (χ1v) is 11.6. The molecule has 194 valence electrons. The van der Waals surface area contributed by atoms with Crippen molar-refractivity contribution in [1.29, 1.82) is 0 Å². The summed E-state index contributed by atoms with van der Waals surface area (Å²) in [5.74, 6) is -2.79. The Labute approximate surface area is 210 Å². The molecule has 0 radical (unpaired) electrons. The van der Waals surface area contributed by atoms with Gasteiger partial charge in [0.1, 0.15) is 11.5 Å². The van der Waals surface area contributed by atoms with E-state index < -0.39 is 28.5 Å². The molecule has 1 amide bonds. The van der Waals surface area contributed by atoms with Crippen molar-refractivity contribution in [2.75, 3.05) is 17.2 Å². The van der Waals surface area contributed by atoms with Crippen molar-refractivity contribution in [3.05, 3.63) is 69.9 Å². The molecule has 1 heterocycles. The van der Waals surface area contributed by atoms with Crippen molar-refractivity contribution in [1.82, 2.24) is 10.2 Å². The van der Waals surface area contributed by atoms with E-state index in [0.29, 0.717) is 11.3 Å². The molecule has 1 saturated carbocycles. The molecule has 1 aromatic heterocycles. The van der Waals surface area contributed by atoms with E-state index in [-0.39, 0.29) is 42.4 Å². The highest BCUT2D eigenvalue weighted by molar-refractivity contribution is 6.02. The predicted octanol–water partition coefficient (Wildman–Crippen LogP) is 4.63. The highest BCUT2D eigenvalue weighted by Crippen LogP contribution is 2.38. The smallest absolute Gasteiger partial charge is 0.320 e. The average Bonchev–Trinajstić information content (AvgIpc) is 3.34. The number of carboxylic acid groups (broad SMARTS) is 1. The van der Waals surface area contributed by atoms with Crippen LogP contribution in [0.25, 0.3) is 0 Å². The Balaban J connectivity index is 1.47. The number of carbonyl (C=O) groups excluding carboxylic acids is 1. The van der Waals surface area contributed by atoms with Crippen LogP contribution in [-0.4, -0.2) is 44.8 Å². The lowest BCUT2D eigenvalue weighted by molar-refractivity contribution is -0.384. The zero-order valence-corrected chi connectivity index (χ0v) is 19.6. The van der Waals surface area contributed by atoms with E-state index in [1.807, 2.05) is 0 Å². The van der Waals surface area contributed by atoms with Gasteiger partial charge >= 0.3 is 23.8 Å². The summed E-state index contributed by atoms with van der Waals surface area (Å²) in [6.07, 6.45) is 2.94. The number of carboxylic acids is 1. The molecule has 13 heteroatoms. The molecule has 2 atom stereocenters. The maximum atomic E-state index is 13.1. The fraction of sp³-hybridized carbons (Fsp3) is 0.333. The van der Waals surface area contributed by atoms with Crippen LogP contribution in [-0.2, 0) is 9.53 Å². The van der Waals surface area contributed by atoms with E-state index in [2.05, 4.69) is 20.8 Å². The number of hydrogen-bond acceptors (Lipinski definition) is 9. The Kier molecular flexibility index (Phi) is 8.03. The predicted molar refractivity (Wildman–Crippen MR) is 128 cm³/mol. The van der Waals surface area contributed by atoms with Gasteiger partial charge in [-0.05, 0) is 48.7 Å². The number of aliphatic carboxylic acids is 1. The van der Waals surface area contributed by atoms with Gasteiger partial charge in [0.05, 0.1) is 24.1 Å². The van der Waals surface area contributed by atoms with E-state index in [9.17, 15) is 24.1 Å². The van der Waals surface area contributed by atoms with E-state index >= 15 is 0 Å². The van der Waals surface area contributed by atoms with E-state index in [1.54, 1.807) is 6.07 Å². The molecule has 12 nitrogen and oxygen atoms in total. The number of aromatic nitrogens is 2. The van der Waals surface area contributed by atoms with Crippen LogP contribution in [0.1, 0.15) is 54.3 Å². The van der Waals surface area contributed by atoms with Crippen LogP contribution in [0.2, 0.25) is 0 Å². The molecule has 3 N–H and O–H groups in total. The lowest BCUT2D eigenvalue weighted by Crippen LogP contribution is -2.27. The maximum absolute atomic E-state index is 13.1. The average molecular weight is 513 g/mol. The lowest BCUT2D eigenvalue weighted by Gasteiger charge is -2.31. The zero-order chi connectivity index (χ0) is 26.4. The number of nitrogens with one attached hydrogen (secondary N) is 2.